The number of ether oxygens (including phenoxy) is 1. The molecule has 0 aromatic heterocycles. The van der Waals surface area contributed by atoms with Crippen molar-refractivity contribution in [2.75, 3.05) is 13.2 Å². The molecule has 2 fully saturated rings. The second kappa shape index (κ2) is 5.17. The summed E-state index contributed by atoms with van der Waals surface area (Å²) in [7, 11) is 0. The number of amides is 1. The quantitative estimate of drug-likeness (QED) is 0.737. The number of fused-ring (bicyclic) bond motifs is 1. The molecule has 3 heteroatoms. The maximum absolute atomic E-state index is 12.0. The van der Waals surface area contributed by atoms with Crippen molar-refractivity contribution >= 4 is 5.91 Å². The Hall–Kier alpha value is -0.570. The first kappa shape index (κ1) is 11.9. The van der Waals surface area contributed by atoms with Gasteiger partial charge in [0.05, 0.1) is 6.10 Å². The highest BCUT2D eigenvalue weighted by molar-refractivity contribution is 5.78. The van der Waals surface area contributed by atoms with Crippen molar-refractivity contribution in [3.63, 3.8) is 0 Å². The van der Waals surface area contributed by atoms with Crippen LogP contribution in [-0.4, -0.2) is 36.1 Å². The van der Waals surface area contributed by atoms with Crippen LogP contribution in [0.4, 0.5) is 0 Å². The van der Waals surface area contributed by atoms with Gasteiger partial charge in [0.25, 0.3) is 0 Å². The summed E-state index contributed by atoms with van der Waals surface area (Å²) in [5, 5.41) is 0. The van der Waals surface area contributed by atoms with Crippen LogP contribution in [0.15, 0.2) is 0 Å². The first-order valence-electron chi connectivity index (χ1n) is 6.59. The van der Waals surface area contributed by atoms with Crippen LogP contribution >= 0.6 is 0 Å². The third kappa shape index (κ3) is 2.57. The third-order valence-corrected chi connectivity index (χ3v) is 3.85. The highest BCUT2D eigenvalue weighted by Crippen LogP contribution is 2.36. The smallest absolute Gasteiger partial charge is 0.248 e. The summed E-state index contributed by atoms with van der Waals surface area (Å²) in [4.78, 5) is 14.1. The summed E-state index contributed by atoms with van der Waals surface area (Å²) in [5.74, 6) is 0.974. The van der Waals surface area contributed by atoms with Crippen molar-refractivity contribution in [1.29, 1.82) is 0 Å². The molecule has 1 saturated heterocycles. The van der Waals surface area contributed by atoms with Crippen LogP contribution in [0.25, 0.3) is 0 Å². The van der Waals surface area contributed by atoms with E-state index in [1.54, 1.807) is 0 Å². The van der Waals surface area contributed by atoms with E-state index in [4.69, 9.17) is 4.74 Å². The average molecular weight is 225 g/mol. The molecule has 1 aliphatic heterocycles. The lowest BCUT2D eigenvalue weighted by atomic mass is 9.92. The van der Waals surface area contributed by atoms with Crippen LogP contribution in [0.5, 0.6) is 0 Å². The maximum atomic E-state index is 12.0. The molecule has 92 valence electrons. The largest absolute Gasteiger partial charge is 0.369 e. The second-order valence-electron chi connectivity index (χ2n) is 5.35. The Morgan fingerprint density at radius 1 is 1.31 bits per heavy atom. The van der Waals surface area contributed by atoms with E-state index in [-0.39, 0.29) is 18.6 Å². The molecule has 2 aliphatic rings. The van der Waals surface area contributed by atoms with Crippen molar-refractivity contribution in [3.8, 4) is 0 Å². The zero-order chi connectivity index (χ0) is 11.5. The van der Waals surface area contributed by atoms with Gasteiger partial charge in [-0.05, 0) is 45.4 Å². The van der Waals surface area contributed by atoms with Gasteiger partial charge in [-0.15, -0.1) is 0 Å². The van der Waals surface area contributed by atoms with Gasteiger partial charge in [-0.25, -0.2) is 0 Å². The summed E-state index contributed by atoms with van der Waals surface area (Å²) >= 11 is 0. The Morgan fingerprint density at radius 3 is 2.81 bits per heavy atom. The molecule has 0 aromatic rings. The normalized spacial score (nSPS) is 29.6. The molecule has 1 amide bonds. The van der Waals surface area contributed by atoms with E-state index in [2.05, 4.69) is 4.90 Å². The number of likely N-dealkylation sites (tertiary alicyclic amines) is 1. The standard InChI is InChI=1S/C13H23NO2/c1-10(2)16-9-13(15)14-8-4-6-11-5-3-7-12(11)14/h10-12H,3-9H2,1-2H3. The Morgan fingerprint density at radius 2 is 2.06 bits per heavy atom. The predicted molar refractivity (Wildman–Crippen MR) is 63.2 cm³/mol. The number of nitrogens with zero attached hydrogens (tertiary/aromatic N) is 1. The lowest BCUT2D eigenvalue weighted by Crippen LogP contribution is -2.47. The van der Waals surface area contributed by atoms with Gasteiger partial charge in [0.1, 0.15) is 6.61 Å². The molecule has 1 heterocycles. The second-order valence-corrected chi connectivity index (χ2v) is 5.35. The highest BCUT2D eigenvalue weighted by atomic mass is 16.5. The van der Waals surface area contributed by atoms with E-state index in [1.165, 1.54) is 32.1 Å². The maximum Gasteiger partial charge on any atom is 0.248 e. The first-order valence-corrected chi connectivity index (χ1v) is 6.59. The van der Waals surface area contributed by atoms with Crippen LogP contribution in [-0.2, 0) is 9.53 Å². The fraction of sp³-hybridized carbons (Fsp3) is 0.923. The van der Waals surface area contributed by atoms with Gasteiger partial charge in [0.15, 0.2) is 0 Å². The lowest BCUT2D eigenvalue weighted by molar-refractivity contribution is -0.142. The van der Waals surface area contributed by atoms with E-state index >= 15 is 0 Å². The van der Waals surface area contributed by atoms with Crippen LogP contribution < -0.4 is 0 Å². The van der Waals surface area contributed by atoms with Crippen molar-refractivity contribution < 1.29 is 9.53 Å². The molecule has 0 bridgehead atoms. The van der Waals surface area contributed by atoms with Crippen LogP contribution in [0.2, 0.25) is 0 Å². The summed E-state index contributed by atoms with van der Waals surface area (Å²) in [5.41, 5.74) is 0. The molecule has 0 N–H and O–H groups in total. The van der Waals surface area contributed by atoms with Gasteiger partial charge in [0, 0.05) is 12.6 Å². The fourth-order valence-electron chi connectivity index (χ4n) is 3.08. The van der Waals surface area contributed by atoms with Crippen molar-refractivity contribution in [2.45, 2.75) is 58.1 Å². The number of hydrogen-bond donors (Lipinski definition) is 0. The Bertz CT molecular complexity index is 252. The molecular weight excluding hydrogens is 202 g/mol. The summed E-state index contributed by atoms with van der Waals surface area (Å²) in [6.45, 7) is 5.16. The Balaban J connectivity index is 1.89. The monoisotopic (exact) mass is 225 g/mol. The molecule has 3 nitrogen and oxygen atoms in total. The topological polar surface area (TPSA) is 29.5 Å². The molecule has 1 aliphatic carbocycles. The Labute approximate surface area is 98.1 Å². The highest BCUT2D eigenvalue weighted by Gasteiger charge is 2.37. The van der Waals surface area contributed by atoms with E-state index < -0.39 is 0 Å². The fourth-order valence-corrected chi connectivity index (χ4v) is 3.08. The molecule has 16 heavy (non-hydrogen) atoms. The molecule has 2 unspecified atom stereocenters. The van der Waals surface area contributed by atoms with Crippen molar-refractivity contribution in [2.24, 2.45) is 5.92 Å². The van der Waals surface area contributed by atoms with Crippen molar-refractivity contribution in [3.05, 3.63) is 0 Å². The molecule has 2 atom stereocenters. The molecule has 2 rings (SSSR count). The van der Waals surface area contributed by atoms with Gasteiger partial charge in [0.2, 0.25) is 5.91 Å². The van der Waals surface area contributed by atoms with Gasteiger partial charge >= 0.3 is 0 Å². The summed E-state index contributed by atoms with van der Waals surface area (Å²) in [6.07, 6.45) is 6.46. The van der Waals surface area contributed by atoms with E-state index in [9.17, 15) is 4.79 Å². The number of piperidine rings is 1. The minimum absolute atomic E-state index is 0.146. The average Bonchev–Trinajstić information content (AvgIpc) is 2.73. The minimum atomic E-state index is 0.146. The van der Waals surface area contributed by atoms with Crippen LogP contribution in [0, 0.1) is 5.92 Å². The SMILES string of the molecule is CC(C)OCC(=O)N1CCCC2CCCC21. The predicted octanol–water partition coefficient (Wildman–Crippen LogP) is 2.20. The third-order valence-electron chi connectivity index (χ3n) is 3.85. The minimum Gasteiger partial charge on any atom is -0.369 e. The molecule has 0 aromatic carbocycles. The van der Waals surface area contributed by atoms with E-state index in [0.29, 0.717) is 6.04 Å². The zero-order valence-electron chi connectivity index (χ0n) is 10.4. The molecule has 1 saturated carbocycles. The molecule has 0 spiro atoms. The molecule has 0 radical (unpaired) electrons. The summed E-state index contributed by atoms with van der Waals surface area (Å²) < 4.78 is 5.41. The number of carbonyl (C=O) groups is 1. The lowest BCUT2D eigenvalue weighted by Gasteiger charge is -2.37. The van der Waals surface area contributed by atoms with Gasteiger partial charge in [-0.1, -0.05) is 6.42 Å². The number of rotatable bonds is 3. The number of hydrogen-bond acceptors (Lipinski definition) is 2. The van der Waals surface area contributed by atoms with Gasteiger partial charge < -0.3 is 9.64 Å². The first-order chi connectivity index (χ1) is 7.68. The van der Waals surface area contributed by atoms with E-state index in [1.807, 2.05) is 13.8 Å². The summed E-state index contributed by atoms with van der Waals surface area (Å²) in [6, 6.07) is 0.525. The van der Waals surface area contributed by atoms with Crippen LogP contribution in [0.3, 0.4) is 0 Å². The van der Waals surface area contributed by atoms with Gasteiger partial charge in [-0.2, -0.15) is 0 Å². The Kier molecular flexibility index (Phi) is 3.85. The van der Waals surface area contributed by atoms with Crippen LogP contribution in [0.1, 0.15) is 46.0 Å². The van der Waals surface area contributed by atoms with E-state index in [0.717, 1.165) is 12.5 Å². The number of carbonyl (C=O) groups excluding carboxylic acids is 1. The van der Waals surface area contributed by atoms with Gasteiger partial charge in [-0.3, -0.25) is 4.79 Å². The molecular formula is C13H23NO2. The zero-order valence-corrected chi connectivity index (χ0v) is 10.4. The van der Waals surface area contributed by atoms with Crippen molar-refractivity contribution in [1.82, 2.24) is 4.90 Å².